The molecule has 0 aromatic rings. The highest BCUT2D eigenvalue weighted by molar-refractivity contribution is 8.77. The average molecular weight is 462 g/mol. The van der Waals surface area contributed by atoms with E-state index in [0.29, 0.717) is 13.2 Å². The Labute approximate surface area is 198 Å². The van der Waals surface area contributed by atoms with Gasteiger partial charge in [-0.05, 0) is 46.6 Å². The molecule has 0 bridgehead atoms. The number of alkyl carbamates (subject to hydrolysis) is 1. The average Bonchev–Trinajstić information content (AvgIpc) is 2.76. The van der Waals surface area contributed by atoms with Crippen LogP contribution in [-0.2, 0) is 4.74 Å². The highest BCUT2D eigenvalue weighted by Crippen LogP contribution is 2.35. The summed E-state index contributed by atoms with van der Waals surface area (Å²) in [6.07, 6.45) is 4.48. The predicted molar refractivity (Wildman–Crippen MR) is 144 cm³/mol. The van der Waals surface area contributed by atoms with E-state index in [1.165, 1.54) is 0 Å². The first-order valence-corrected chi connectivity index (χ1v) is 14.0. The lowest BCUT2D eigenvalue weighted by Crippen LogP contribution is -2.28. The van der Waals surface area contributed by atoms with Crippen LogP contribution in [0.25, 0.3) is 0 Å². The Bertz CT molecular complexity index is 387. The summed E-state index contributed by atoms with van der Waals surface area (Å²) in [5.41, 5.74) is 0. The third-order valence-electron chi connectivity index (χ3n) is 2.99. The van der Waals surface area contributed by atoms with E-state index in [2.05, 4.69) is 36.2 Å². The topological polar surface area (TPSA) is 50.4 Å². The fraction of sp³-hybridized carbons (Fsp3) is 0.870. The molecule has 4 nitrogen and oxygen atoms in total. The molecule has 0 saturated carbocycles. The Morgan fingerprint density at radius 3 is 2.23 bits per heavy atom. The molecule has 0 aliphatic carbocycles. The van der Waals surface area contributed by atoms with E-state index in [1.807, 2.05) is 84.3 Å². The van der Waals surface area contributed by atoms with Crippen molar-refractivity contribution in [2.75, 3.05) is 32.5 Å². The maximum absolute atomic E-state index is 11.5. The van der Waals surface area contributed by atoms with Crippen LogP contribution in [-0.4, -0.2) is 50.6 Å². The zero-order chi connectivity index (χ0) is 24.1. The largest absolute Gasteiger partial charge is 0.450 e. The van der Waals surface area contributed by atoms with Gasteiger partial charge >= 0.3 is 6.09 Å². The van der Waals surface area contributed by atoms with Crippen LogP contribution < -0.4 is 10.6 Å². The number of carbonyl (C=O) groups is 1. The summed E-state index contributed by atoms with van der Waals surface area (Å²) in [6, 6.07) is 0. The van der Waals surface area contributed by atoms with Crippen LogP contribution in [0.15, 0.2) is 0 Å². The van der Waals surface area contributed by atoms with Crippen LogP contribution in [0.3, 0.4) is 0 Å². The quantitative estimate of drug-likeness (QED) is 0.136. The van der Waals surface area contributed by atoms with E-state index in [0.717, 1.165) is 44.4 Å². The minimum Gasteiger partial charge on any atom is -0.450 e. The van der Waals surface area contributed by atoms with E-state index in [9.17, 15) is 4.79 Å². The van der Waals surface area contributed by atoms with Gasteiger partial charge in [0.25, 0.3) is 0 Å². The third kappa shape index (κ3) is 35.0. The number of unbranched alkanes of at least 4 members (excludes halogenated alkanes) is 3. The molecular weight excluding hydrogens is 411 g/mol. The number of ether oxygens (including phenoxy) is 1. The molecule has 179 valence electrons. The van der Waals surface area contributed by atoms with Gasteiger partial charge in [0, 0.05) is 30.0 Å². The van der Waals surface area contributed by atoms with Crippen molar-refractivity contribution in [3.63, 3.8) is 0 Å². The molecule has 2 N–H and O–H groups in total. The predicted octanol–water partition coefficient (Wildman–Crippen LogP) is 6.83. The van der Waals surface area contributed by atoms with E-state index in [-0.39, 0.29) is 10.8 Å². The molecule has 0 heterocycles. The molecule has 0 aliphatic heterocycles. The van der Waals surface area contributed by atoms with Crippen molar-refractivity contribution in [1.29, 1.82) is 0 Å². The molecule has 7 heteroatoms. The lowest BCUT2D eigenvalue weighted by Gasteiger charge is -2.22. The van der Waals surface area contributed by atoms with Crippen molar-refractivity contribution >= 4 is 35.0 Å². The van der Waals surface area contributed by atoms with E-state index >= 15 is 0 Å². The molecular formula is C23H50BN2O2S2. The van der Waals surface area contributed by atoms with E-state index < -0.39 is 0 Å². The van der Waals surface area contributed by atoms with E-state index in [1.54, 1.807) is 0 Å². The summed E-state index contributed by atoms with van der Waals surface area (Å²) in [4.78, 5) is 11.5. The van der Waals surface area contributed by atoms with Gasteiger partial charge in [0.1, 0.15) is 0 Å². The van der Waals surface area contributed by atoms with Crippen LogP contribution >= 0.6 is 21.6 Å². The zero-order valence-electron chi connectivity index (χ0n) is 21.6. The van der Waals surface area contributed by atoms with Crippen LogP contribution in [0.4, 0.5) is 4.79 Å². The molecule has 0 atom stereocenters. The molecule has 0 rings (SSSR count). The van der Waals surface area contributed by atoms with Gasteiger partial charge in [0.05, 0.1) is 6.61 Å². The van der Waals surface area contributed by atoms with Gasteiger partial charge in [-0.25, -0.2) is 4.79 Å². The van der Waals surface area contributed by atoms with E-state index in [4.69, 9.17) is 4.74 Å². The summed E-state index contributed by atoms with van der Waals surface area (Å²) >= 11 is 0. The second-order valence-electron chi connectivity index (χ2n) is 6.03. The Kier molecular flexibility index (Phi) is 40.8. The summed E-state index contributed by atoms with van der Waals surface area (Å²) in [5, 5.41) is 5.98. The van der Waals surface area contributed by atoms with Crippen LogP contribution in [0, 0.1) is 11.7 Å². The van der Waals surface area contributed by atoms with Gasteiger partial charge < -0.3 is 15.4 Å². The minimum absolute atomic E-state index is 0.246. The second kappa shape index (κ2) is 33.2. The normalized spacial score (nSPS) is 9.13. The number of hydrogen-bond acceptors (Lipinski definition) is 5. The number of rotatable bonds is 13. The number of amides is 1. The molecule has 30 heavy (non-hydrogen) atoms. The van der Waals surface area contributed by atoms with Crippen molar-refractivity contribution in [3.8, 4) is 11.7 Å². The van der Waals surface area contributed by atoms with Crippen LogP contribution in [0.5, 0.6) is 0 Å². The molecule has 0 aromatic heterocycles. The molecule has 0 aliphatic rings. The third-order valence-corrected chi connectivity index (χ3v) is 6.36. The molecule has 0 saturated heterocycles. The van der Waals surface area contributed by atoms with Gasteiger partial charge in [-0.2, -0.15) is 5.82 Å². The second-order valence-corrected chi connectivity index (χ2v) is 9.15. The number of hydrogen-bond donors (Lipinski definition) is 2. The molecule has 1 radical (unpaired) electrons. The van der Waals surface area contributed by atoms with Crippen molar-refractivity contribution in [1.82, 2.24) is 10.6 Å². The molecule has 1 amide bonds. The lowest BCUT2D eigenvalue weighted by molar-refractivity contribution is 0.144. The first-order chi connectivity index (χ1) is 14.5. The van der Waals surface area contributed by atoms with Gasteiger partial charge in [0.2, 0.25) is 7.28 Å². The fourth-order valence-electron chi connectivity index (χ4n) is 1.84. The monoisotopic (exact) mass is 461 g/mol. The number of nitrogens with one attached hydrogen (secondary N) is 2. The highest BCUT2D eigenvalue weighted by Gasteiger charge is 2.17. The molecule has 0 aromatic carbocycles. The fourth-order valence-corrected chi connectivity index (χ4v) is 4.50. The van der Waals surface area contributed by atoms with Gasteiger partial charge in [-0.1, -0.05) is 70.0 Å². The van der Waals surface area contributed by atoms with Crippen molar-refractivity contribution in [3.05, 3.63) is 0 Å². The van der Waals surface area contributed by atoms with Gasteiger partial charge in [-0.15, -0.1) is 5.92 Å². The maximum Gasteiger partial charge on any atom is 0.407 e. The molecule has 0 fully saturated rings. The maximum atomic E-state index is 11.5. The Balaban J connectivity index is -0.000000512. The Hall–Kier alpha value is -0.445. The van der Waals surface area contributed by atoms with Gasteiger partial charge in [0.15, 0.2) is 0 Å². The van der Waals surface area contributed by atoms with Crippen LogP contribution in [0.2, 0.25) is 6.82 Å². The van der Waals surface area contributed by atoms with Crippen LogP contribution in [0.1, 0.15) is 87.5 Å². The Morgan fingerprint density at radius 2 is 1.67 bits per heavy atom. The summed E-state index contributed by atoms with van der Waals surface area (Å²) in [5.74, 6) is 7.04. The first-order valence-electron chi connectivity index (χ1n) is 11.6. The summed E-state index contributed by atoms with van der Waals surface area (Å²) in [7, 11) is 7.63. The standard InChI is InChI=1S/C17H32BN2O2S2.3C2H6/c1-17(2,15-19-4)24-23-14-10-9-13-22-16(21)20-12-8-6-5-7-11-18-3;3*1-2/h19H,5-6,8-10,12-15H2,1-4H3,(H,20,21);3*1-2H3. The minimum atomic E-state index is -0.305. The summed E-state index contributed by atoms with van der Waals surface area (Å²) < 4.78 is 5.41. The summed E-state index contributed by atoms with van der Waals surface area (Å²) in [6.45, 7) is 20.6. The smallest absolute Gasteiger partial charge is 0.407 e. The first kappa shape index (κ1) is 36.9. The van der Waals surface area contributed by atoms with Crippen molar-refractivity contribution < 1.29 is 9.53 Å². The number of carbonyl (C=O) groups excluding carboxylic acids is 1. The lowest BCUT2D eigenvalue weighted by atomic mass is 9.84. The zero-order valence-corrected chi connectivity index (χ0v) is 23.2. The molecule has 0 spiro atoms. The van der Waals surface area contributed by atoms with Crippen molar-refractivity contribution in [2.24, 2.45) is 0 Å². The van der Waals surface area contributed by atoms with Gasteiger partial charge in [-0.3, -0.25) is 0 Å². The highest BCUT2D eigenvalue weighted by atomic mass is 33.1. The SMILES string of the molecule is CC.CC.CC.C[B]C#CCCCCNC(=O)OCCCCSSC(C)(C)CNC. The Morgan fingerprint density at radius 1 is 1.03 bits per heavy atom. The van der Waals surface area contributed by atoms with Crippen molar-refractivity contribution in [2.45, 2.75) is 99.1 Å². The molecule has 0 unspecified atom stereocenters.